The van der Waals surface area contributed by atoms with Crippen LogP contribution in [0, 0.1) is 0 Å². The number of aromatic nitrogens is 3. The third-order valence-electron chi connectivity index (χ3n) is 7.52. The lowest BCUT2D eigenvalue weighted by Crippen LogP contribution is -2.25. The lowest BCUT2D eigenvalue weighted by atomic mass is 10.1. The molecule has 2 aromatic carbocycles. The standard InChI is InChI=1S/C27H29N5/c1-3-11-22-20(9-1)27-26(28-22)25-21-10-2-4-12-23(21)32(19-30-15-7-8-16-30)24(25)17-31(27)18-29-13-5-6-14-29/h1-4,9-12,17H,5-8,13-16,18-19H2. The highest BCUT2D eigenvalue weighted by Crippen LogP contribution is 2.41. The third kappa shape index (κ3) is 2.81. The Bertz CT molecular complexity index is 1400. The maximum atomic E-state index is 5.21. The molecule has 5 heteroatoms. The van der Waals surface area contributed by atoms with Crippen molar-refractivity contribution in [3.05, 3.63) is 54.7 Å². The second kappa shape index (κ2) is 7.32. The lowest BCUT2D eigenvalue weighted by Gasteiger charge is -2.22. The van der Waals surface area contributed by atoms with Gasteiger partial charge >= 0.3 is 0 Å². The van der Waals surface area contributed by atoms with Gasteiger partial charge in [-0.05, 0) is 64.0 Å². The van der Waals surface area contributed by atoms with Crippen LogP contribution in [0.15, 0.2) is 54.7 Å². The van der Waals surface area contributed by atoms with Gasteiger partial charge in [0.1, 0.15) is 0 Å². The molecule has 0 bridgehead atoms. The molecule has 3 aromatic rings. The fourth-order valence-corrected chi connectivity index (χ4v) is 5.98. The van der Waals surface area contributed by atoms with E-state index in [9.17, 15) is 0 Å². The molecule has 5 heterocycles. The predicted molar refractivity (Wildman–Crippen MR) is 131 cm³/mol. The molecule has 4 aliphatic rings. The van der Waals surface area contributed by atoms with E-state index in [0.717, 1.165) is 24.5 Å². The van der Waals surface area contributed by atoms with Crippen LogP contribution in [0.4, 0.5) is 0 Å². The molecular formula is C27H29N5. The van der Waals surface area contributed by atoms with Crippen LogP contribution < -0.4 is 0 Å². The van der Waals surface area contributed by atoms with E-state index in [2.05, 4.69) is 73.7 Å². The van der Waals surface area contributed by atoms with Gasteiger partial charge in [0, 0.05) is 22.4 Å². The summed E-state index contributed by atoms with van der Waals surface area (Å²) in [4.78, 5) is 10.4. The lowest BCUT2D eigenvalue weighted by molar-refractivity contribution is 0.270. The number of para-hydroxylation sites is 2. The zero-order valence-electron chi connectivity index (χ0n) is 18.5. The maximum absolute atomic E-state index is 5.21. The van der Waals surface area contributed by atoms with E-state index in [-0.39, 0.29) is 0 Å². The van der Waals surface area contributed by atoms with Crippen LogP contribution in [0.1, 0.15) is 25.7 Å². The van der Waals surface area contributed by atoms with E-state index in [1.807, 2.05) is 0 Å². The number of nitrogens with zero attached hydrogens (tertiary/aromatic N) is 5. The summed E-state index contributed by atoms with van der Waals surface area (Å²) in [6, 6.07) is 17.5. The molecule has 0 N–H and O–H groups in total. The number of rotatable bonds is 4. The normalized spacial score (nSPS) is 18.2. The molecule has 2 saturated heterocycles. The van der Waals surface area contributed by atoms with Crippen LogP contribution in [-0.2, 0) is 13.3 Å². The van der Waals surface area contributed by atoms with Gasteiger partial charge in [0.2, 0.25) is 0 Å². The molecule has 32 heavy (non-hydrogen) atoms. The number of benzene rings is 2. The number of hydrogen-bond acceptors (Lipinski definition) is 3. The molecule has 4 aliphatic heterocycles. The number of likely N-dealkylation sites (tertiary alicyclic amines) is 2. The average molecular weight is 424 g/mol. The summed E-state index contributed by atoms with van der Waals surface area (Å²) in [6.07, 6.45) is 7.65. The van der Waals surface area contributed by atoms with E-state index in [0.29, 0.717) is 0 Å². The quantitative estimate of drug-likeness (QED) is 0.390. The van der Waals surface area contributed by atoms with Crippen LogP contribution in [0.3, 0.4) is 0 Å². The Morgan fingerprint density at radius 3 is 2.12 bits per heavy atom. The highest BCUT2D eigenvalue weighted by molar-refractivity contribution is 6.17. The zero-order valence-corrected chi connectivity index (χ0v) is 18.5. The molecule has 7 rings (SSSR count). The van der Waals surface area contributed by atoms with Gasteiger partial charge in [0.25, 0.3) is 0 Å². The van der Waals surface area contributed by atoms with Crippen LogP contribution >= 0.6 is 0 Å². The van der Waals surface area contributed by atoms with Crippen molar-refractivity contribution >= 4 is 32.7 Å². The van der Waals surface area contributed by atoms with Gasteiger partial charge in [-0.3, -0.25) is 9.80 Å². The summed E-state index contributed by atoms with van der Waals surface area (Å²) >= 11 is 0. The molecule has 0 spiro atoms. The molecule has 5 nitrogen and oxygen atoms in total. The molecule has 1 aromatic heterocycles. The van der Waals surface area contributed by atoms with Gasteiger partial charge in [-0.25, -0.2) is 4.98 Å². The smallest absolute Gasteiger partial charge is 0.0981 e. The molecule has 0 saturated carbocycles. The van der Waals surface area contributed by atoms with E-state index >= 15 is 0 Å². The SMILES string of the molecule is c1ccc2c3n(CN4CCCC4)cc4c(c-3nc2c1)c1ccccc1n4CN1CCCC1. The van der Waals surface area contributed by atoms with Crippen molar-refractivity contribution in [2.45, 2.75) is 39.0 Å². The largest absolute Gasteiger partial charge is 0.330 e. The van der Waals surface area contributed by atoms with E-state index in [1.54, 1.807) is 0 Å². The van der Waals surface area contributed by atoms with Gasteiger partial charge in [0.15, 0.2) is 0 Å². The third-order valence-corrected chi connectivity index (χ3v) is 7.52. The maximum Gasteiger partial charge on any atom is 0.0981 e. The Hall–Kier alpha value is -2.89. The van der Waals surface area contributed by atoms with Gasteiger partial charge in [-0.2, -0.15) is 0 Å². The van der Waals surface area contributed by atoms with Gasteiger partial charge in [-0.1, -0.05) is 36.4 Å². The topological polar surface area (TPSA) is 29.2 Å². The molecule has 0 atom stereocenters. The first-order valence-electron chi connectivity index (χ1n) is 12.1. The highest BCUT2D eigenvalue weighted by Gasteiger charge is 2.26. The first kappa shape index (κ1) is 18.7. The molecule has 2 fully saturated rings. The first-order chi connectivity index (χ1) is 15.9. The Balaban J connectivity index is 1.54. The van der Waals surface area contributed by atoms with E-state index in [4.69, 9.17) is 4.98 Å². The second-order valence-electron chi connectivity index (χ2n) is 9.56. The summed E-state index contributed by atoms with van der Waals surface area (Å²) in [5, 5.41) is 3.89. The number of pyridine rings is 1. The van der Waals surface area contributed by atoms with Crippen LogP contribution in [0.2, 0.25) is 0 Å². The van der Waals surface area contributed by atoms with Crippen molar-refractivity contribution in [3.63, 3.8) is 0 Å². The molecule has 0 aliphatic carbocycles. The average Bonchev–Trinajstić information content (AvgIpc) is 3.61. The van der Waals surface area contributed by atoms with Gasteiger partial charge in [0.05, 0.1) is 41.3 Å². The minimum atomic E-state index is 0.938. The summed E-state index contributed by atoms with van der Waals surface area (Å²) in [6.45, 7) is 6.67. The monoisotopic (exact) mass is 423 g/mol. The van der Waals surface area contributed by atoms with Crippen molar-refractivity contribution in [1.29, 1.82) is 0 Å². The van der Waals surface area contributed by atoms with Gasteiger partial charge in [-0.15, -0.1) is 0 Å². The molecule has 162 valence electrons. The Kier molecular flexibility index (Phi) is 4.27. The first-order valence-corrected chi connectivity index (χ1v) is 12.1. The summed E-state index contributed by atoms with van der Waals surface area (Å²) in [5.41, 5.74) is 6.17. The minimum Gasteiger partial charge on any atom is -0.330 e. The Labute approximate surface area is 188 Å². The van der Waals surface area contributed by atoms with E-state index < -0.39 is 0 Å². The second-order valence-corrected chi connectivity index (χ2v) is 9.56. The van der Waals surface area contributed by atoms with Crippen molar-refractivity contribution in [3.8, 4) is 11.4 Å². The van der Waals surface area contributed by atoms with Crippen molar-refractivity contribution in [2.24, 2.45) is 0 Å². The van der Waals surface area contributed by atoms with Crippen molar-refractivity contribution in [2.75, 3.05) is 26.2 Å². The Morgan fingerprint density at radius 2 is 1.34 bits per heavy atom. The van der Waals surface area contributed by atoms with Crippen LogP contribution in [-0.4, -0.2) is 50.1 Å². The van der Waals surface area contributed by atoms with Crippen LogP contribution in [0.25, 0.3) is 44.1 Å². The number of hydrogen-bond donors (Lipinski definition) is 0. The zero-order chi connectivity index (χ0) is 21.1. The Morgan fingerprint density at radius 1 is 0.688 bits per heavy atom. The molecular weight excluding hydrogens is 394 g/mol. The highest BCUT2D eigenvalue weighted by atomic mass is 15.3. The molecule has 0 unspecified atom stereocenters. The van der Waals surface area contributed by atoms with Crippen LogP contribution in [0.5, 0.6) is 0 Å². The summed E-state index contributed by atoms with van der Waals surface area (Å²) in [7, 11) is 0. The molecule has 0 amide bonds. The van der Waals surface area contributed by atoms with Crippen molar-refractivity contribution < 1.29 is 0 Å². The summed E-state index contributed by atoms with van der Waals surface area (Å²) < 4.78 is 5.02. The molecule has 0 radical (unpaired) electrons. The fraction of sp³-hybridized carbons (Fsp3) is 0.370. The predicted octanol–water partition coefficient (Wildman–Crippen LogP) is 5.36. The van der Waals surface area contributed by atoms with E-state index in [1.165, 1.54) is 84.7 Å². The summed E-state index contributed by atoms with van der Waals surface area (Å²) in [5.74, 6) is 0. The minimum absolute atomic E-state index is 0.938. The number of fused-ring (bicyclic) bond motifs is 7. The van der Waals surface area contributed by atoms with Gasteiger partial charge < -0.3 is 9.13 Å². The van der Waals surface area contributed by atoms with Crippen molar-refractivity contribution in [1.82, 2.24) is 23.9 Å². The fourth-order valence-electron chi connectivity index (χ4n) is 5.98.